The summed E-state index contributed by atoms with van der Waals surface area (Å²) in [5, 5.41) is 13.5. The van der Waals surface area contributed by atoms with Crippen molar-refractivity contribution in [1.82, 2.24) is 10.1 Å². The Morgan fingerprint density at radius 2 is 2.14 bits per heavy atom. The van der Waals surface area contributed by atoms with E-state index in [1.54, 1.807) is 25.2 Å². The zero-order chi connectivity index (χ0) is 15.5. The van der Waals surface area contributed by atoms with Crippen molar-refractivity contribution in [3.05, 3.63) is 39.4 Å². The van der Waals surface area contributed by atoms with E-state index in [2.05, 4.69) is 28.0 Å². The smallest absolute Gasteiger partial charge is 0.150 e. The first kappa shape index (κ1) is 15.8. The molecule has 0 amide bonds. The fourth-order valence-electron chi connectivity index (χ4n) is 1.82. The molecule has 0 saturated carbocycles. The number of aryl methyl sites for hydroxylation is 1. The lowest BCUT2D eigenvalue weighted by Crippen LogP contribution is -2.16. The maximum atomic E-state index is 9.60. The Kier molecular flexibility index (Phi) is 4.84. The van der Waals surface area contributed by atoms with Gasteiger partial charge in [0.15, 0.2) is 5.76 Å². The van der Waals surface area contributed by atoms with Crippen LogP contribution < -0.4 is 0 Å². The maximum absolute atomic E-state index is 9.60. The van der Waals surface area contributed by atoms with E-state index >= 15 is 0 Å². The van der Waals surface area contributed by atoms with E-state index in [4.69, 9.17) is 4.52 Å². The van der Waals surface area contributed by atoms with E-state index in [0.717, 1.165) is 29.4 Å². The Labute approximate surface area is 129 Å². The number of aromatic nitrogens is 1. The molecule has 0 spiro atoms. The van der Waals surface area contributed by atoms with Crippen molar-refractivity contribution in [3.63, 3.8) is 0 Å². The van der Waals surface area contributed by atoms with E-state index in [0.29, 0.717) is 0 Å². The Morgan fingerprint density at radius 1 is 1.38 bits per heavy atom. The molecule has 0 bridgehead atoms. The van der Waals surface area contributed by atoms with Gasteiger partial charge in [-0.3, -0.25) is 4.90 Å². The highest BCUT2D eigenvalue weighted by molar-refractivity contribution is 7.12. The molecule has 0 aliphatic heterocycles. The Balaban J connectivity index is 1.94. The molecule has 0 radical (unpaired) electrons. The number of thiophene rings is 1. The van der Waals surface area contributed by atoms with Crippen LogP contribution in [0.3, 0.4) is 0 Å². The molecule has 0 saturated heterocycles. The zero-order valence-electron chi connectivity index (χ0n) is 12.8. The normalized spacial score (nSPS) is 11.5. The molecule has 1 N–H and O–H groups in total. The van der Waals surface area contributed by atoms with Crippen molar-refractivity contribution in [2.75, 3.05) is 7.05 Å². The highest BCUT2D eigenvalue weighted by atomic mass is 32.1. The van der Waals surface area contributed by atoms with Crippen molar-refractivity contribution in [1.29, 1.82) is 0 Å². The van der Waals surface area contributed by atoms with Crippen LogP contribution in [0, 0.1) is 18.8 Å². The van der Waals surface area contributed by atoms with Crippen LogP contribution in [0.2, 0.25) is 0 Å². The summed E-state index contributed by atoms with van der Waals surface area (Å²) in [5.41, 5.74) is -0.0517. The molecule has 2 rings (SSSR count). The fourth-order valence-corrected chi connectivity index (χ4v) is 2.77. The molecule has 112 valence electrons. The maximum Gasteiger partial charge on any atom is 0.150 e. The topological polar surface area (TPSA) is 49.5 Å². The summed E-state index contributed by atoms with van der Waals surface area (Å²) < 4.78 is 5.22. The van der Waals surface area contributed by atoms with Crippen LogP contribution in [0.5, 0.6) is 0 Å². The molecule has 4 nitrogen and oxygen atoms in total. The minimum atomic E-state index is -0.953. The van der Waals surface area contributed by atoms with E-state index in [-0.39, 0.29) is 0 Å². The van der Waals surface area contributed by atoms with E-state index < -0.39 is 5.60 Å². The number of nitrogens with zero attached hydrogens (tertiary/aromatic N) is 2. The van der Waals surface area contributed by atoms with Crippen molar-refractivity contribution in [2.24, 2.45) is 0 Å². The van der Waals surface area contributed by atoms with Gasteiger partial charge in [0, 0.05) is 17.5 Å². The van der Waals surface area contributed by atoms with Gasteiger partial charge in [-0.15, -0.1) is 11.3 Å². The quantitative estimate of drug-likeness (QED) is 0.883. The van der Waals surface area contributed by atoms with Gasteiger partial charge in [0.05, 0.1) is 17.1 Å². The minimum Gasteiger partial charge on any atom is -0.378 e. The monoisotopic (exact) mass is 304 g/mol. The second-order valence-electron chi connectivity index (χ2n) is 5.68. The summed E-state index contributed by atoms with van der Waals surface area (Å²) in [5.74, 6) is 6.70. The van der Waals surface area contributed by atoms with E-state index in [1.165, 1.54) is 4.88 Å². The van der Waals surface area contributed by atoms with Gasteiger partial charge in [0.2, 0.25) is 0 Å². The molecule has 0 fully saturated rings. The summed E-state index contributed by atoms with van der Waals surface area (Å²) in [4.78, 5) is 4.36. The second-order valence-corrected chi connectivity index (χ2v) is 6.85. The average molecular weight is 304 g/mol. The van der Waals surface area contributed by atoms with Crippen LogP contribution in [0.25, 0.3) is 0 Å². The number of rotatable bonds is 4. The van der Waals surface area contributed by atoms with Crippen molar-refractivity contribution < 1.29 is 9.63 Å². The predicted molar refractivity (Wildman–Crippen MR) is 83.9 cm³/mol. The van der Waals surface area contributed by atoms with Crippen LogP contribution in [-0.4, -0.2) is 27.8 Å². The summed E-state index contributed by atoms with van der Waals surface area (Å²) in [6.07, 6.45) is 0. The summed E-state index contributed by atoms with van der Waals surface area (Å²) in [6.45, 7) is 6.83. The van der Waals surface area contributed by atoms with E-state index in [1.807, 2.05) is 26.1 Å². The van der Waals surface area contributed by atoms with Gasteiger partial charge < -0.3 is 9.63 Å². The largest absolute Gasteiger partial charge is 0.378 e. The molecular formula is C16H20N2O2S. The molecule has 0 aromatic carbocycles. The molecule has 0 aliphatic carbocycles. The van der Waals surface area contributed by atoms with Gasteiger partial charge in [-0.05, 0) is 40.0 Å². The van der Waals surface area contributed by atoms with Gasteiger partial charge in [-0.2, -0.15) is 0 Å². The van der Waals surface area contributed by atoms with Crippen LogP contribution in [0.1, 0.15) is 35.1 Å². The average Bonchev–Trinajstić information content (AvgIpc) is 2.95. The highest BCUT2D eigenvalue weighted by Crippen LogP contribution is 2.18. The predicted octanol–water partition coefficient (Wildman–Crippen LogP) is 2.80. The Hall–Kier alpha value is -1.61. The number of hydrogen-bond donors (Lipinski definition) is 1. The summed E-state index contributed by atoms with van der Waals surface area (Å²) >= 11 is 1.65. The lowest BCUT2D eigenvalue weighted by Gasteiger charge is -2.12. The molecule has 0 atom stereocenters. The van der Waals surface area contributed by atoms with Crippen LogP contribution in [0.4, 0.5) is 0 Å². The Bertz CT molecular complexity index is 656. The van der Waals surface area contributed by atoms with Gasteiger partial charge in [-0.1, -0.05) is 17.0 Å². The Morgan fingerprint density at radius 3 is 2.76 bits per heavy atom. The third kappa shape index (κ3) is 5.35. The molecule has 5 heteroatoms. The molecule has 2 aromatic heterocycles. The molecule has 2 aromatic rings. The highest BCUT2D eigenvalue weighted by Gasteiger charge is 2.09. The number of hydrogen-bond acceptors (Lipinski definition) is 5. The molecular weight excluding hydrogens is 284 g/mol. The molecule has 2 heterocycles. The summed E-state index contributed by atoms with van der Waals surface area (Å²) in [6, 6.07) is 6.01. The lowest BCUT2D eigenvalue weighted by atomic mass is 10.1. The van der Waals surface area contributed by atoms with E-state index in [9.17, 15) is 5.11 Å². The van der Waals surface area contributed by atoms with Gasteiger partial charge in [-0.25, -0.2) is 0 Å². The lowest BCUT2D eigenvalue weighted by molar-refractivity contribution is 0.143. The third-order valence-electron chi connectivity index (χ3n) is 2.68. The van der Waals surface area contributed by atoms with Crippen molar-refractivity contribution in [3.8, 4) is 11.8 Å². The van der Waals surface area contributed by atoms with Gasteiger partial charge in [0.25, 0.3) is 0 Å². The van der Waals surface area contributed by atoms with Gasteiger partial charge in [0.1, 0.15) is 5.60 Å². The first-order valence-electron chi connectivity index (χ1n) is 6.77. The zero-order valence-corrected chi connectivity index (χ0v) is 13.6. The van der Waals surface area contributed by atoms with Gasteiger partial charge >= 0.3 is 0 Å². The molecule has 21 heavy (non-hydrogen) atoms. The standard InChI is InChI=1S/C16H20N2O2S/c1-12-9-13(20-17-12)10-18(4)11-15-6-5-14(21-15)7-8-16(2,3)19/h5-6,9,19H,10-11H2,1-4H3. The first-order chi connectivity index (χ1) is 9.82. The number of aliphatic hydroxyl groups is 1. The van der Waals surface area contributed by atoms with Crippen LogP contribution >= 0.6 is 11.3 Å². The second kappa shape index (κ2) is 6.44. The minimum absolute atomic E-state index is 0.726. The third-order valence-corrected chi connectivity index (χ3v) is 3.67. The first-order valence-corrected chi connectivity index (χ1v) is 7.58. The summed E-state index contributed by atoms with van der Waals surface area (Å²) in [7, 11) is 2.04. The SMILES string of the molecule is Cc1cc(CN(C)Cc2ccc(C#CC(C)(C)O)s2)on1. The van der Waals surface area contributed by atoms with Crippen molar-refractivity contribution >= 4 is 11.3 Å². The molecule has 0 unspecified atom stereocenters. The van der Waals surface area contributed by atoms with Crippen LogP contribution in [0.15, 0.2) is 22.7 Å². The van der Waals surface area contributed by atoms with Crippen molar-refractivity contribution in [2.45, 2.75) is 39.5 Å². The van der Waals surface area contributed by atoms with Crippen LogP contribution in [-0.2, 0) is 13.1 Å². The molecule has 0 aliphatic rings. The fraction of sp³-hybridized carbons (Fsp3) is 0.438.